The molecule has 3 heterocycles. The molecular formula is C11H10N6OS. The van der Waals surface area contributed by atoms with E-state index in [1.54, 1.807) is 18.5 Å². The molecule has 0 unspecified atom stereocenters. The second-order valence-corrected chi connectivity index (χ2v) is 4.81. The molecule has 8 heteroatoms. The Morgan fingerprint density at radius 1 is 1.21 bits per heavy atom. The smallest absolute Gasteiger partial charge is 0.270 e. The van der Waals surface area contributed by atoms with Crippen molar-refractivity contribution in [3.05, 3.63) is 29.2 Å². The highest BCUT2D eigenvalue weighted by molar-refractivity contribution is 7.15. The van der Waals surface area contributed by atoms with Crippen LogP contribution in [0.2, 0.25) is 0 Å². The standard InChI is InChI=1S/C11H10N6OS/c1-6-8(19-7(5-12)15-6)11-16-10(17-18-11)9-13-3-2-4-14-9/h2-4H,5,12H2,1H3. The van der Waals surface area contributed by atoms with Crippen LogP contribution in [0.4, 0.5) is 0 Å². The van der Waals surface area contributed by atoms with Crippen molar-refractivity contribution in [2.75, 3.05) is 0 Å². The van der Waals surface area contributed by atoms with Gasteiger partial charge in [0.15, 0.2) is 0 Å². The molecule has 0 bridgehead atoms. The van der Waals surface area contributed by atoms with E-state index < -0.39 is 0 Å². The van der Waals surface area contributed by atoms with Crippen molar-refractivity contribution in [1.82, 2.24) is 25.1 Å². The molecule has 2 N–H and O–H groups in total. The molecular weight excluding hydrogens is 264 g/mol. The van der Waals surface area contributed by atoms with Gasteiger partial charge in [-0.1, -0.05) is 5.16 Å². The summed E-state index contributed by atoms with van der Waals surface area (Å²) >= 11 is 1.45. The van der Waals surface area contributed by atoms with Crippen LogP contribution in [0.25, 0.3) is 22.4 Å². The molecule has 3 rings (SSSR count). The highest BCUT2D eigenvalue weighted by Gasteiger charge is 2.17. The van der Waals surface area contributed by atoms with E-state index >= 15 is 0 Å². The molecule has 0 fully saturated rings. The van der Waals surface area contributed by atoms with Crippen molar-refractivity contribution in [2.45, 2.75) is 13.5 Å². The van der Waals surface area contributed by atoms with E-state index in [1.165, 1.54) is 11.3 Å². The lowest BCUT2D eigenvalue weighted by Gasteiger charge is -1.89. The van der Waals surface area contributed by atoms with Crippen molar-refractivity contribution >= 4 is 11.3 Å². The van der Waals surface area contributed by atoms with Gasteiger partial charge in [-0.05, 0) is 13.0 Å². The van der Waals surface area contributed by atoms with Gasteiger partial charge in [-0.2, -0.15) is 4.98 Å². The third-order valence-electron chi connectivity index (χ3n) is 2.40. The molecule has 0 aromatic carbocycles. The highest BCUT2D eigenvalue weighted by atomic mass is 32.1. The molecule has 0 amide bonds. The van der Waals surface area contributed by atoms with Crippen LogP contribution in [-0.2, 0) is 6.54 Å². The van der Waals surface area contributed by atoms with E-state index in [2.05, 4.69) is 25.1 Å². The summed E-state index contributed by atoms with van der Waals surface area (Å²) in [7, 11) is 0. The van der Waals surface area contributed by atoms with Crippen LogP contribution >= 0.6 is 11.3 Å². The Kier molecular flexibility index (Phi) is 3.02. The van der Waals surface area contributed by atoms with E-state index in [4.69, 9.17) is 10.3 Å². The van der Waals surface area contributed by atoms with Gasteiger partial charge in [-0.15, -0.1) is 11.3 Å². The number of nitrogens with zero attached hydrogens (tertiary/aromatic N) is 5. The Labute approximate surface area is 112 Å². The van der Waals surface area contributed by atoms with Gasteiger partial charge in [-0.3, -0.25) is 0 Å². The first-order chi connectivity index (χ1) is 9.28. The maximum atomic E-state index is 5.57. The average Bonchev–Trinajstić information content (AvgIpc) is 3.06. The zero-order valence-corrected chi connectivity index (χ0v) is 10.9. The SMILES string of the molecule is Cc1nc(CN)sc1-c1nc(-c2ncccn2)no1. The fraction of sp³-hybridized carbons (Fsp3) is 0.182. The first kappa shape index (κ1) is 11.9. The van der Waals surface area contributed by atoms with E-state index in [0.717, 1.165) is 15.6 Å². The van der Waals surface area contributed by atoms with Gasteiger partial charge in [0.1, 0.15) is 9.88 Å². The van der Waals surface area contributed by atoms with Crippen LogP contribution < -0.4 is 5.73 Å². The summed E-state index contributed by atoms with van der Waals surface area (Å²) in [6, 6.07) is 1.73. The second kappa shape index (κ2) is 4.82. The van der Waals surface area contributed by atoms with Crippen LogP contribution in [-0.4, -0.2) is 25.1 Å². The molecule has 0 aliphatic heterocycles. The van der Waals surface area contributed by atoms with Gasteiger partial charge in [-0.25, -0.2) is 15.0 Å². The minimum atomic E-state index is 0.359. The number of hydrogen-bond donors (Lipinski definition) is 1. The minimum absolute atomic E-state index is 0.359. The van der Waals surface area contributed by atoms with Crippen LogP contribution in [0.3, 0.4) is 0 Å². The second-order valence-electron chi connectivity index (χ2n) is 3.72. The quantitative estimate of drug-likeness (QED) is 0.770. The Balaban J connectivity index is 1.99. The maximum absolute atomic E-state index is 5.57. The summed E-state index contributed by atoms with van der Waals surface area (Å²) in [5.41, 5.74) is 6.40. The summed E-state index contributed by atoms with van der Waals surface area (Å²) in [5, 5.41) is 4.71. The number of nitrogens with two attached hydrogens (primary N) is 1. The largest absolute Gasteiger partial charge is 0.333 e. The van der Waals surface area contributed by atoms with Crippen molar-refractivity contribution in [3.63, 3.8) is 0 Å². The predicted molar refractivity (Wildman–Crippen MR) is 69.1 cm³/mol. The fourth-order valence-corrected chi connectivity index (χ4v) is 2.42. The van der Waals surface area contributed by atoms with Gasteiger partial charge >= 0.3 is 0 Å². The van der Waals surface area contributed by atoms with Crippen molar-refractivity contribution in [1.29, 1.82) is 0 Å². The Morgan fingerprint density at radius 2 is 2.00 bits per heavy atom. The minimum Gasteiger partial charge on any atom is -0.333 e. The third kappa shape index (κ3) is 2.23. The number of thiazole rings is 1. The third-order valence-corrected chi connectivity index (χ3v) is 3.57. The first-order valence-electron chi connectivity index (χ1n) is 5.56. The Bertz CT molecular complexity index is 692. The predicted octanol–water partition coefficient (Wildman–Crippen LogP) is 1.42. The van der Waals surface area contributed by atoms with Crippen LogP contribution in [0, 0.1) is 6.92 Å². The summed E-state index contributed by atoms with van der Waals surface area (Å²) in [6.07, 6.45) is 3.26. The Hall–Kier alpha value is -2.19. The van der Waals surface area contributed by atoms with E-state index in [-0.39, 0.29) is 0 Å². The Morgan fingerprint density at radius 3 is 2.68 bits per heavy atom. The lowest BCUT2D eigenvalue weighted by atomic mass is 10.4. The zero-order chi connectivity index (χ0) is 13.2. The van der Waals surface area contributed by atoms with E-state index in [0.29, 0.717) is 24.1 Å². The highest BCUT2D eigenvalue weighted by Crippen LogP contribution is 2.29. The molecule has 0 saturated carbocycles. The molecule has 3 aromatic heterocycles. The molecule has 3 aromatic rings. The molecule has 0 aliphatic carbocycles. The molecule has 96 valence electrons. The zero-order valence-electron chi connectivity index (χ0n) is 10.1. The van der Waals surface area contributed by atoms with Gasteiger partial charge in [0, 0.05) is 18.9 Å². The van der Waals surface area contributed by atoms with E-state index in [9.17, 15) is 0 Å². The molecule has 0 saturated heterocycles. The molecule has 0 atom stereocenters. The molecule has 7 nitrogen and oxygen atoms in total. The van der Waals surface area contributed by atoms with Gasteiger partial charge in [0.2, 0.25) is 11.6 Å². The lowest BCUT2D eigenvalue weighted by Crippen LogP contribution is -1.94. The summed E-state index contributed by atoms with van der Waals surface area (Å²) < 4.78 is 5.23. The normalized spacial score (nSPS) is 10.8. The summed E-state index contributed by atoms with van der Waals surface area (Å²) in [5.74, 6) is 1.20. The van der Waals surface area contributed by atoms with E-state index in [1.807, 2.05) is 6.92 Å². The topological polar surface area (TPSA) is 104 Å². The van der Waals surface area contributed by atoms with Crippen molar-refractivity contribution in [2.24, 2.45) is 5.73 Å². The maximum Gasteiger partial charge on any atom is 0.270 e. The molecule has 0 radical (unpaired) electrons. The molecule has 0 spiro atoms. The van der Waals surface area contributed by atoms with Gasteiger partial charge in [0.25, 0.3) is 5.89 Å². The summed E-state index contributed by atoms with van der Waals surface area (Å²) in [6.45, 7) is 2.28. The molecule has 19 heavy (non-hydrogen) atoms. The number of rotatable bonds is 3. The number of aryl methyl sites for hydroxylation is 1. The lowest BCUT2D eigenvalue weighted by molar-refractivity contribution is 0.432. The van der Waals surface area contributed by atoms with Crippen molar-refractivity contribution in [3.8, 4) is 22.4 Å². The number of aromatic nitrogens is 5. The van der Waals surface area contributed by atoms with Crippen LogP contribution in [0.15, 0.2) is 23.0 Å². The summed E-state index contributed by atoms with van der Waals surface area (Å²) in [4.78, 5) is 17.6. The van der Waals surface area contributed by atoms with Gasteiger partial charge in [0.05, 0.1) is 5.69 Å². The first-order valence-corrected chi connectivity index (χ1v) is 6.37. The van der Waals surface area contributed by atoms with Crippen molar-refractivity contribution < 1.29 is 4.52 Å². The average molecular weight is 274 g/mol. The monoisotopic (exact) mass is 274 g/mol. The fourth-order valence-electron chi connectivity index (χ4n) is 1.56. The van der Waals surface area contributed by atoms with Crippen LogP contribution in [0.1, 0.15) is 10.7 Å². The van der Waals surface area contributed by atoms with Gasteiger partial charge < -0.3 is 10.3 Å². The number of hydrogen-bond acceptors (Lipinski definition) is 8. The van der Waals surface area contributed by atoms with Crippen LogP contribution in [0.5, 0.6) is 0 Å². The molecule has 0 aliphatic rings.